The number of hydrogen-bond donors (Lipinski definition) is 0. The van der Waals surface area contributed by atoms with E-state index in [0.29, 0.717) is 12.8 Å². The predicted molar refractivity (Wildman–Crippen MR) is 193 cm³/mol. The van der Waals surface area contributed by atoms with Crippen molar-refractivity contribution in [3.8, 4) is 0 Å². The number of alkyl halides is 1. The van der Waals surface area contributed by atoms with Crippen molar-refractivity contribution in [3.05, 3.63) is 0 Å². The van der Waals surface area contributed by atoms with Gasteiger partial charge in [0.1, 0.15) is 0 Å². The van der Waals surface area contributed by atoms with Gasteiger partial charge in [-0.25, -0.2) is 0 Å². The molecule has 262 valence electrons. The van der Waals surface area contributed by atoms with Crippen LogP contribution >= 0.6 is 15.9 Å². The second-order valence-corrected chi connectivity index (χ2v) is 14.2. The van der Waals surface area contributed by atoms with Crippen molar-refractivity contribution < 1.29 is 19.1 Å². The van der Waals surface area contributed by atoms with Crippen LogP contribution in [0.25, 0.3) is 0 Å². The van der Waals surface area contributed by atoms with Gasteiger partial charge in [-0.2, -0.15) is 0 Å². The number of halogens is 1. The van der Waals surface area contributed by atoms with E-state index in [2.05, 4.69) is 29.8 Å². The number of esters is 2. The highest BCUT2D eigenvalue weighted by Gasteiger charge is 2.31. The van der Waals surface area contributed by atoms with Gasteiger partial charge in [-0.05, 0) is 12.8 Å². The van der Waals surface area contributed by atoms with E-state index in [0.717, 1.165) is 25.7 Å². The zero-order valence-electron chi connectivity index (χ0n) is 29.8. The van der Waals surface area contributed by atoms with Gasteiger partial charge in [0.15, 0.2) is 0 Å². The standard InChI is InChI=1S/C39H75BrO4/c1-4-6-8-10-12-14-16-18-20-22-24-26-28-30-32-34-37(41)43-39(3,36-40)44-38(42)35-33-31-29-27-25-23-21-19-17-15-13-11-9-7-5-2/h4-36H2,1-3H3. The van der Waals surface area contributed by atoms with Gasteiger partial charge in [-0.1, -0.05) is 210 Å². The van der Waals surface area contributed by atoms with E-state index in [1.54, 1.807) is 6.92 Å². The number of carbonyl (C=O) groups is 2. The third-order valence-corrected chi connectivity index (χ3v) is 9.89. The zero-order chi connectivity index (χ0) is 32.4. The SMILES string of the molecule is CCCCCCCCCCCCCCCCCC(=O)OC(C)(CBr)OC(=O)CCCCCCCCCCCCCCCCC. The number of ether oxygens (including phenoxy) is 2. The molecule has 44 heavy (non-hydrogen) atoms. The van der Waals surface area contributed by atoms with Crippen LogP contribution in [0.4, 0.5) is 0 Å². The van der Waals surface area contributed by atoms with Gasteiger partial charge >= 0.3 is 11.9 Å². The van der Waals surface area contributed by atoms with E-state index in [-0.39, 0.29) is 17.3 Å². The molecule has 0 aliphatic rings. The maximum Gasteiger partial charge on any atom is 0.309 e. The Kier molecular flexibility index (Phi) is 33.3. The van der Waals surface area contributed by atoms with Gasteiger partial charge in [0.05, 0.1) is 5.33 Å². The summed E-state index contributed by atoms with van der Waals surface area (Å²) in [6, 6.07) is 0. The Bertz CT molecular complexity index is 575. The summed E-state index contributed by atoms with van der Waals surface area (Å²) < 4.78 is 11.2. The van der Waals surface area contributed by atoms with E-state index in [1.165, 1.54) is 167 Å². The Morgan fingerprint density at radius 2 is 0.614 bits per heavy atom. The van der Waals surface area contributed by atoms with Crippen LogP contribution < -0.4 is 0 Å². The molecule has 0 heterocycles. The monoisotopic (exact) mass is 686 g/mol. The Morgan fingerprint density at radius 1 is 0.409 bits per heavy atom. The molecule has 5 heteroatoms. The third kappa shape index (κ3) is 31.4. The number of hydrogen-bond acceptors (Lipinski definition) is 4. The molecular formula is C39H75BrO4. The van der Waals surface area contributed by atoms with E-state index < -0.39 is 5.79 Å². The van der Waals surface area contributed by atoms with E-state index in [4.69, 9.17) is 9.47 Å². The van der Waals surface area contributed by atoms with E-state index in [1.807, 2.05) is 0 Å². The minimum absolute atomic E-state index is 0.276. The minimum atomic E-state index is -1.22. The molecule has 0 aromatic heterocycles. The molecule has 0 saturated carbocycles. The van der Waals surface area contributed by atoms with Crippen LogP contribution in [0.3, 0.4) is 0 Å². The lowest BCUT2D eigenvalue weighted by Gasteiger charge is -2.27. The summed E-state index contributed by atoms with van der Waals surface area (Å²) in [5.41, 5.74) is 0. The summed E-state index contributed by atoms with van der Waals surface area (Å²) in [6.45, 7) is 6.23. The molecule has 0 amide bonds. The fourth-order valence-corrected chi connectivity index (χ4v) is 6.17. The van der Waals surface area contributed by atoms with Gasteiger partial charge < -0.3 is 9.47 Å². The third-order valence-electron chi connectivity index (χ3n) is 8.87. The molecular weight excluding hydrogens is 612 g/mol. The van der Waals surface area contributed by atoms with Crippen LogP contribution in [0.15, 0.2) is 0 Å². The Labute approximate surface area is 283 Å². The van der Waals surface area contributed by atoms with Gasteiger partial charge in [0.2, 0.25) is 0 Å². The summed E-state index contributed by atoms with van der Waals surface area (Å²) in [5, 5.41) is 0.287. The molecule has 0 aliphatic carbocycles. The molecule has 0 aliphatic heterocycles. The van der Waals surface area contributed by atoms with Gasteiger partial charge in [-0.15, -0.1) is 0 Å². The van der Waals surface area contributed by atoms with E-state index in [9.17, 15) is 9.59 Å². The van der Waals surface area contributed by atoms with Gasteiger partial charge in [-0.3, -0.25) is 9.59 Å². The van der Waals surface area contributed by atoms with Crippen LogP contribution in [0.5, 0.6) is 0 Å². The normalized spacial score (nSPS) is 11.6. The van der Waals surface area contributed by atoms with Crippen LogP contribution in [-0.2, 0) is 19.1 Å². The molecule has 4 nitrogen and oxygen atoms in total. The highest BCUT2D eigenvalue weighted by Crippen LogP contribution is 2.21. The fourth-order valence-electron chi connectivity index (χ4n) is 5.94. The second kappa shape index (κ2) is 33.8. The molecule has 0 rings (SSSR count). The topological polar surface area (TPSA) is 52.6 Å². The first-order chi connectivity index (χ1) is 21.5. The van der Waals surface area contributed by atoms with Crippen LogP contribution in [0.2, 0.25) is 0 Å². The summed E-state index contributed by atoms with van der Waals surface area (Å²) >= 11 is 3.37. The fraction of sp³-hybridized carbons (Fsp3) is 0.949. The Balaban J connectivity index is 3.64. The van der Waals surface area contributed by atoms with Crippen LogP contribution in [0, 0.1) is 0 Å². The predicted octanol–water partition coefficient (Wildman–Crippen LogP) is 13.7. The quantitative estimate of drug-likeness (QED) is 0.0288. The van der Waals surface area contributed by atoms with E-state index >= 15 is 0 Å². The molecule has 0 bridgehead atoms. The Hall–Kier alpha value is -0.580. The van der Waals surface area contributed by atoms with Gasteiger partial charge in [0, 0.05) is 19.8 Å². The zero-order valence-corrected chi connectivity index (χ0v) is 31.4. The average molecular weight is 688 g/mol. The molecule has 0 fully saturated rings. The summed E-state index contributed by atoms with van der Waals surface area (Å²) in [4.78, 5) is 24.8. The summed E-state index contributed by atoms with van der Waals surface area (Å²) in [6.07, 6.45) is 39.8. The van der Waals surface area contributed by atoms with Gasteiger partial charge in [0.25, 0.3) is 5.79 Å². The Morgan fingerprint density at radius 3 is 0.818 bits per heavy atom. The average Bonchev–Trinajstić information content (AvgIpc) is 3.01. The molecule has 0 aromatic carbocycles. The van der Waals surface area contributed by atoms with Crippen molar-refractivity contribution >= 4 is 27.9 Å². The van der Waals surface area contributed by atoms with Crippen molar-refractivity contribution in [2.45, 2.75) is 232 Å². The largest absolute Gasteiger partial charge is 0.422 e. The molecule has 0 unspecified atom stereocenters. The minimum Gasteiger partial charge on any atom is -0.422 e. The first-order valence-corrected chi connectivity index (χ1v) is 20.6. The maximum atomic E-state index is 12.4. The molecule has 0 atom stereocenters. The molecule has 0 saturated heterocycles. The van der Waals surface area contributed by atoms with Crippen molar-refractivity contribution in [1.82, 2.24) is 0 Å². The van der Waals surface area contributed by atoms with Crippen LogP contribution in [-0.4, -0.2) is 23.1 Å². The lowest BCUT2D eigenvalue weighted by Crippen LogP contribution is -2.38. The van der Waals surface area contributed by atoms with Crippen LogP contribution in [0.1, 0.15) is 226 Å². The molecule has 0 N–H and O–H groups in total. The van der Waals surface area contributed by atoms with Crippen molar-refractivity contribution in [2.75, 3.05) is 5.33 Å². The lowest BCUT2D eigenvalue weighted by molar-refractivity contribution is -0.214. The highest BCUT2D eigenvalue weighted by molar-refractivity contribution is 9.09. The lowest BCUT2D eigenvalue weighted by atomic mass is 10.0. The summed E-state index contributed by atoms with van der Waals surface area (Å²) in [5.74, 6) is -1.78. The number of unbranched alkanes of at least 4 members (excludes halogenated alkanes) is 28. The molecule has 0 spiro atoms. The maximum absolute atomic E-state index is 12.4. The highest BCUT2D eigenvalue weighted by atomic mass is 79.9. The molecule has 0 aromatic rings. The second-order valence-electron chi connectivity index (χ2n) is 13.6. The molecule has 0 radical (unpaired) electrons. The van der Waals surface area contributed by atoms with Crippen molar-refractivity contribution in [3.63, 3.8) is 0 Å². The summed E-state index contributed by atoms with van der Waals surface area (Å²) in [7, 11) is 0. The smallest absolute Gasteiger partial charge is 0.309 e. The number of carbonyl (C=O) groups excluding carboxylic acids is 2. The van der Waals surface area contributed by atoms with Crippen molar-refractivity contribution in [1.29, 1.82) is 0 Å². The first kappa shape index (κ1) is 43.4. The first-order valence-electron chi connectivity index (χ1n) is 19.5. The van der Waals surface area contributed by atoms with Crippen molar-refractivity contribution in [2.24, 2.45) is 0 Å². The number of rotatable bonds is 35.